The van der Waals surface area contributed by atoms with E-state index in [1.54, 1.807) is 20.3 Å². The van der Waals surface area contributed by atoms with Crippen LogP contribution in [0.15, 0.2) is 36.7 Å². The van der Waals surface area contributed by atoms with Crippen LogP contribution in [0.1, 0.15) is 36.2 Å². The van der Waals surface area contributed by atoms with Gasteiger partial charge in [0, 0.05) is 29.6 Å². The summed E-state index contributed by atoms with van der Waals surface area (Å²) in [6.45, 7) is 6.63. The van der Waals surface area contributed by atoms with Crippen LogP contribution < -0.4 is 10.9 Å². The number of hydrogen-bond acceptors (Lipinski definition) is 7. The number of nitriles is 1. The minimum atomic E-state index is -2.68. The molecule has 0 spiro atoms. The maximum absolute atomic E-state index is 15.1. The molecule has 0 unspecified atom stereocenters. The van der Waals surface area contributed by atoms with Crippen LogP contribution in [0.2, 0.25) is 5.02 Å². The van der Waals surface area contributed by atoms with Crippen molar-refractivity contribution >= 4 is 41.0 Å². The highest BCUT2D eigenvalue weighted by Gasteiger charge is 2.22. The number of hydrogen-bond donors (Lipinski definition) is 1. The van der Waals surface area contributed by atoms with Gasteiger partial charge in [0.1, 0.15) is 24.2 Å². The Morgan fingerprint density at radius 1 is 1.14 bits per heavy atom. The molecule has 1 N–H and O–H groups in total. The van der Waals surface area contributed by atoms with Gasteiger partial charge in [0.25, 0.3) is 0 Å². The van der Waals surface area contributed by atoms with Crippen molar-refractivity contribution in [1.82, 2.24) is 19.9 Å². The Bertz CT molecular complexity index is 1570. The standard InChI is InChI=1S/C25H22ClF2N6OP/c1-5-19(16-8-14(10-29)6-7-17(16)27)33-24-21(26)13(2)32-20-9-18(28)22(34-23(20)24)15-11-30-25(31-12-15)36(3,4)35/h6-9,11-12,19H,5H2,1-4H3,(H,32,33)/t19-/m1/s1. The number of anilines is 1. The van der Waals surface area contributed by atoms with Gasteiger partial charge in [-0.05, 0) is 44.9 Å². The van der Waals surface area contributed by atoms with Gasteiger partial charge in [-0.1, -0.05) is 18.5 Å². The molecular weight excluding hydrogens is 505 g/mol. The molecule has 0 saturated heterocycles. The number of aryl methyl sites for hydroxylation is 1. The van der Waals surface area contributed by atoms with Gasteiger partial charge < -0.3 is 9.88 Å². The first kappa shape index (κ1) is 25.6. The van der Waals surface area contributed by atoms with Gasteiger partial charge in [-0.25, -0.2) is 28.7 Å². The summed E-state index contributed by atoms with van der Waals surface area (Å²) in [5.41, 5.74) is 2.38. The van der Waals surface area contributed by atoms with Crippen LogP contribution in [0, 0.1) is 29.9 Å². The SMILES string of the molecule is CC[C@@H](Nc1c(Cl)c(C)nc2cc(F)c(-c3cnc(P(C)(C)=O)nc3)nc12)c1cc(C#N)ccc1F. The number of benzene rings is 1. The molecule has 3 heterocycles. The van der Waals surface area contributed by atoms with E-state index in [1.807, 2.05) is 13.0 Å². The quantitative estimate of drug-likeness (QED) is 0.307. The van der Waals surface area contributed by atoms with Crippen LogP contribution in [0.25, 0.3) is 22.3 Å². The zero-order valence-electron chi connectivity index (χ0n) is 20.0. The van der Waals surface area contributed by atoms with Crippen molar-refractivity contribution in [2.75, 3.05) is 18.6 Å². The van der Waals surface area contributed by atoms with Gasteiger partial charge in [0.2, 0.25) is 0 Å². The summed E-state index contributed by atoms with van der Waals surface area (Å²) in [5, 5.41) is 12.8. The van der Waals surface area contributed by atoms with Gasteiger partial charge in [0.15, 0.2) is 11.4 Å². The normalized spacial score (nSPS) is 12.4. The van der Waals surface area contributed by atoms with Crippen LogP contribution in [0.4, 0.5) is 14.5 Å². The average molecular weight is 527 g/mol. The molecule has 11 heteroatoms. The third-order valence-electron chi connectivity index (χ3n) is 5.64. The van der Waals surface area contributed by atoms with E-state index >= 15 is 4.39 Å². The molecule has 0 aliphatic carbocycles. The zero-order chi connectivity index (χ0) is 26.2. The van der Waals surface area contributed by atoms with E-state index in [4.69, 9.17) is 11.6 Å². The van der Waals surface area contributed by atoms with Crippen molar-refractivity contribution in [3.8, 4) is 17.3 Å². The summed E-state index contributed by atoms with van der Waals surface area (Å²) in [6, 6.07) is 6.84. The van der Waals surface area contributed by atoms with Gasteiger partial charge in [0.05, 0.1) is 39.6 Å². The van der Waals surface area contributed by atoms with Gasteiger partial charge >= 0.3 is 0 Å². The third-order valence-corrected chi connectivity index (χ3v) is 7.30. The first-order valence-electron chi connectivity index (χ1n) is 11.0. The van der Waals surface area contributed by atoms with Crippen LogP contribution in [0.3, 0.4) is 0 Å². The van der Waals surface area contributed by atoms with E-state index in [0.717, 1.165) is 0 Å². The minimum Gasteiger partial charge on any atom is -0.375 e. The van der Waals surface area contributed by atoms with Crippen molar-refractivity contribution in [3.05, 3.63) is 70.1 Å². The average Bonchev–Trinajstić information content (AvgIpc) is 2.84. The molecule has 36 heavy (non-hydrogen) atoms. The summed E-state index contributed by atoms with van der Waals surface area (Å²) in [5.74, 6) is -1.12. The smallest absolute Gasteiger partial charge is 0.188 e. The number of fused-ring (bicyclic) bond motifs is 1. The molecule has 4 aromatic rings. The number of nitrogens with zero attached hydrogens (tertiary/aromatic N) is 5. The van der Waals surface area contributed by atoms with Crippen LogP contribution in [-0.4, -0.2) is 33.3 Å². The second-order valence-corrected chi connectivity index (χ2v) is 12.1. The lowest BCUT2D eigenvalue weighted by Gasteiger charge is -2.22. The van der Waals surface area contributed by atoms with Crippen LogP contribution >= 0.6 is 18.7 Å². The zero-order valence-corrected chi connectivity index (χ0v) is 21.6. The predicted molar refractivity (Wildman–Crippen MR) is 137 cm³/mol. The molecular formula is C25H22ClF2N6OP. The van der Waals surface area contributed by atoms with Gasteiger partial charge in [-0.3, -0.25) is 0 Å². The van der Waals surface area contributed by atoms with E-state index in [0.29, 0.717) is 28.9 Å². The molecule has 0 saturated carbocycles. The third kappa shape index (κ3) is 4.92. The molecule has 1 aromatic carbocycles. The monoisotopic (exact) mass is 526 g/mol. The summed E-state index contributed by atoms with van der Waals surface area (Å²) in [4.78, 5) is 17.1. The predicted octanol–water partition coefficient (Wildman–Crippen LogP) is 6.01. The Labute approximate surface area is 212 Å². The van der Waals surface area contributed by atoms with Gasteiger partial charge in [-0.2, -0.15) is 5.26 Å². The van der Waals surface area contributed by atoms with Crippen molar-refractivity contribution in [2.45, 2.75) is 26.3 Å². The summed E-state index contributed by atoms with van der Waals surface area (Å²) < 4.78 is 42.0. The molecule has 0 radical (unpaired) electrons. The number of aromatic nitrogens is 4. The maximum atomic E-state index is 15.1. The van der Waals surface area contributed by atoms with Crippen molar-refractivity contribution < 1.29 is 13.3 Å². The van der Waals surface area contributed by atoms with E-state index in [2.05, 4.69) is 25.3 Å². The number of nitrogens with one attached hydrogen (secondary N) is 1. The summed E-state index contributed by atoms with van der Waals surface area (Å²) >= 11 is 6.61. The highest BCUT2D eigenvalue weighted by atomic mass is 35.5. The van der Waals surface area contributed by atoms with E-state index in [1.165, 1.54) is 36.7 Å². The first-order valence-corrected chi connectivity index (χ1v) is 14.0. The van der Waals surface area contributed by atoms with Crippen LogP contribution in [-0.2, 0) is 4.57 Å². The lowest BCUT2D eigenvalue weighted by Crippen LogP contribution is -2.14. The van der Waals surface area contributed by atoms with Crippen molar-refractivity contribution in [1.29, 1.82) is 5.26 Å². The molecule has 1 atom stereocenters. The second-order valence-electron chi connectivity index (χ2n) is 8.65. The van der Waals surface area contributed by atoms with E-state index in [-0.39, 0.29) is 32.9 Å². The van der Waals surface area contributed by atoms with Crippen molar-refractivity contribution in [3.63, 3.8) is 0 Å². The maximum Gasteiger partial charge on any atom is 0.188 e. The molecule has 0 fully saturated rings. The fourth-order valence-electron chi connectivity index (χ4n) is 3.77. The fourth-order valence-corrected chi connectivity index (χ4v) is 4.63. The molecule has 4 rings (SSSR count). The Morgan fingerprint density at radius 3 is 2.44 bits per heavy atom. The van der Waals surface area contributed by atoms with Crippen LogP contribution in [0.5, 0.6) is 0 Å². The Balaban J connectivity index is 1.86. The highest BCUT2D eigenvalue weighted by molar-refractivity contribution is 7.69. The number of pyridine rings is 2. The summed E-state index contributed by atoms with van der Waals surface area (Å²) in [7, 11) is -2.68. The van der Waals surface area contributed by atoms with E-state index < -0.39 is 24.8 Å². The summed E-state index contributed by atoms with van der Waals surface area (Å²) in [6.07, 6.45) is 3.20. The lowest BCUT2D eigenvalue weighted by molar-refractivity contribution is 0.586. The lowest BCUT2D eigenvalue weighted by atomic mass is 10.0. The molecule has 3 aromatic heterocycles. The largest absolute Gasteiger partial charge is 0.375 e. The molecule has 7 nitrogen and oxygen atoms in total. The Morgan fingerprint density at radius 2 is 1.83 bits per heavy atom. The molecule has 184 valence electrons. The Kier molecular flexibility index (Phi) is 7.03. The van der Waals surface area contributed by atoms with E-state index in [9.17, 15) is 14.2 Å². The molecule has 0 bridgehead atoms. The van der Waals surface area contributed by atoms with Gasteiger partial charge in [-0.15, -0.1) is 0 Å². The second kappa shape index (κ2) is 9.88. The first-order chi connectivity index (χ1) is 17.0. The topological polar surface area (TPSA) is 104 Å². The number of halogens is 3. The fraction of sp³-hybridized carbons (Fsp3) is 0.240. The molecule has 0 amide bonds. The molecule has 0 aliphatic heterocycles. The molecule has 0 aliphatic rings. The Hall–Kier alpha value is -3.47. The minimum absolute atomic E-state index is 0.0356. The highest BCUT2D eigenvalue weighted by Crippen LogP contribution is 2.37. The number of rotatable bonds is 6. The van der Waals surface area contributed by atoms with Crippen molar-refractivity contribution in [2.24, 2.45) is 0 Å².